The minimum atomic E-state index is 0.840. The van der Waals surface area contributed by atoms with Crippen LogP contribution in [0.2, 0.25) is 0 Å². The van der Waals surface area contributed by atoms with Crippen LogP contribution in [0.15, 0.2) is 0 Å². The zero-order valence-corrected chi connectivity index (χ0v) is 20.4. The summed E-state index contributed by atoms with van der Waals surface area (Å²) >= 11 is 0. The van der Waals surface area contributed by atoms with E-state index < -0.39 is 0 Å². The molecule has 2 radical (unpaired) electrons. The van der Waals surface area contributed by atoms with Gasteiger partial charge in [0.05, 0.1) is 0 Å². The van der Waals surface area contributed by atoms with Gasteiger partial charge in [0, 0.05) is 12.8 Å². The largest absolute Gasteiger partial charge is 0.103 e. The van der Waals surface area contributed by atoms with Gasteiger partial charge < -0.3 is 0 Å². The maximum atomic E-state index is 3.92. The molecule has 0 saturated heterocycles. The van der Waals surface area contributed by atoms with E-state index in [-0.39, 0.29) is 0 Å². The Balaban J connectivity index is 3.54. The van der Waals surface area contributed by atoms with Crippen molar-refractivity contribution in [3.05, 3.63) is 13.8 Å². The number of unbranched alkanes of at least 4 members (excludes halogenated alkanes) is 16. The summed E-state index contributed by atoms with van der Waals surface area (Å²) in [6.45, 7) is 12.7. The van der Waals surface area contributed by atoms with Crippen LogP contribution in [0, 0.1) is 37.5 Å². The molecule has 0 aliphatic carbocycles. The Bertz CT molecular complexity index is 356. The van der Waals surface area contributed by atoms with Gasteiger partial charge in [0.1, 0.15) is 0 Å². The molecule has 0 fully saturated rings. The predicted octanol–water partition coefficient (Wildman–Crippen LogP) is 10.1. The molecule has 0 rings (SSSR count). The zero-order valence-electron chi connectivity index (χ0n) is 20.4. The van der Waals surface area contributed by atoms with E-state index in [2.05, 4.69) is 39.5 Å². The zero-order chi connectivity index (χ0) is 21.4. The molecule has 0 bridgehead atoms. The summed E-state index contributed by atoms with van der Waals surface area (Å²) in [5.41, 5.74) is 0. The minimum Gasteiger partial charge on any atom is -0.103 e. The standard InChI is InChI=1S/C29H54/c1-5-7-9-11-13-15-17-19-21-23-25-27-29(28(3)4)26-24-22-20-18-16-14-12-10-8-6-2/h28-29H,1-2,5-16,18,20-27H2,3-4H3. The van der Waals surface area contributed by atoms with E-state index in [0.29, 0.717) is 0 Å². The highest BCUT2D eigenvalue weighted by molar-refractivity contribution is 4.98. The lowest BCUT2D eigenvalue weighted by Crippen LogP contribution is -2.08. The Morgan fingerprint density at radius 2 is 0.828 bits per heavy atom. The summed E-state index contributed by atoms with van der Waals surface area (Å²) in [5.74, 6) is 8.55. The molecule has 170 valence electrons. The summed E-state index contributed by atoms with van der Waals surface area (Å²) < 4.78 is 0. The smallest absolute Gasteiger partial charge is 0.00886 e. The van der Waals surface area contributed by atoms with E-state index in [0.717, 1.165) is 37.5 Å². The van der Waals surface area contributed by atoms with E-state index >= 15 is 0 Å². The molecule has 0 spiro atoms. The van der Waals surface area contributed by atoms with Gasteiger partial charge in [-0.25, -0.2) is 0 Å². The van der Waals surface area contributed by atoms with Gasteiger partial charge in [-0.2, -0.15) is 0 Å². The van der Waals surface area contributed by atoms with E-state index in [1.807, 2.05) is 0 Å². The molecule has 0 aliphatic heterocycles. The summed E-state index contributed by atoms with van der Waals surface area (Å²) in [4.78, 5) is 0. The third kappa shape index (κ3) is 22.1. The van der Waals surface area contributed by atoms with Gasteiger partial charge in [-0.1, -0.05) is 137 Å². The first kappa shape index (κ1) is 28.6. The second kappa shape index (κ2) is 23.8. The third-order valence-corrected chi connectivity index (χ3v) is 6.32. The average molecular weight is 403 g/mol. The lowest BCUT2D eigenvalue weighted by atomic mass is 9.86. The van der Waals surface area contributed by atoms with Gasteiger partial charge >= 0.3 is 0 Å². The molecule has 0 heteroatoms. The topological polar surface area (TPSA) is 0 Å². The molecule has 1 unspecified atom stereocenters. The summed E-state index contributed by atoms with van der Waals surface area (Å²) in [6.07, 6.45) is 28.0. The van der Waals surface area contributed by atoms with Gasteiger partial charge in [0.25, 0.3) is 0 Å². The number of hydrogen-bond acceptors (Lipinski definition) is 0. The van der Waals surface area contributed by atoms with Crippen LogP contribution in [0.3, 0.4) is 0 Å². The predicted molar refractivity (Wildman–Crippen MR) is 134 cm³/mol. The maximum absolute atomic E-state index is 3.92. The monoisotopic (exact) mass is 402 g/mol. The first-order valence-electron chi connectivity index (χ1n) is 13.3. The van der Waals surface area contributed by atoms with E-state index in [4.69, 9.17) is 0 Å². The average Bonchev–Trinajstić information content (AvgIpc) is 2.71. The van der Waals surface area contributed by atoms with Gasteiger partial charge in [0.15, 0.2) is 0 Å². The molecule has 29 heavy (non-hydrogen) atoms. The van der Waals surface area contributed by atoms with Crippen LogP contribution in [-0.2, 0) is 0 Å². The Kier molecular flexibility index (Phi) is 23.5. The number of hydrogen-bond donors (Lipinski definition) is 0. The molecule has 0 aromatic heterocycles. The summed E-state index contributed by atoms with van der Waals surface area (Å²) in [6, 6.07) is 0. The molecule has 0 heterocycles. The van der Waals surface area contributed by atoms with Crippen LogP contribution in [0.25, 0.3) is 0 Å². The first-order valence-corrected chi connectivity index (χ1v) is 13.3. The molecule has 0 saturated carbocycles. The summed E-state index contributed by atoms with van der Waals surface area (Å²) in [5, 5.41) is 0. The van der Waals surface area contributed by atoms with Crippen molar-refractivity contribution >= 4 is 0 Å². The Morgan fingerprint density at radius 3 is 1.28 bits per heavy atom. The van der Waals surface area contributed by atoms with Gasteiger partial charge in [0.2, 0.25) is 0 Å². The van der Waals surface area contributed by atoms with Crippen LogP contribution < -0.4 is 0 Å². The second-order valence-electron chi connectivity index (χ2n) is 9.45. The van der Waals surface area contributed by atoms with E-state index in [1.54, 1.807) is 0 Å². The number of rotatable bonds is 21. The molecular formula is C29H54. The molecule has 0 nitrogen and oxygen atoms in total. The van der Waals surface area contributed by atoms with Crippen molar-refractivity contribution in [1.29, 1.82) is 0 Å². The van der Waals surface area contributed by atoms with Crippen molar-refractivity contribution in [3.8, 4) is 11.8 Å². The summed E-state index contributed by atoms with van der Waals surface area (Å²) in [7, 11) is 0. The molecular weight excluding hydrogens is 348 g/mol. The Hall–Kier alpha value is -0.440. The third-order valence-electron chi connectivity index (χ3n) is 6.32. The van der Waals surface area contributed by atoms with Gasteiger partial charge in [-0.3, -0.25) is 0 Å². The van der Waals surface area contributed by atoms with Crippen molar-refractivity contribution in [1.82, 2.24) is 0 Å². The van der Waals surface area contributed by atoms with E-state index in [9.17, 15) is 0 Å². The Morgan fingerprint density at radius 1 is 0.483 bits per heavy atom. The first-order chi connectivity index (χ1) is 14.2. The second-order valence-corrected chi connectivity index (χ2v) is 9.45. The van der Waals surface area contributed by atoms with Crippen LogP contribution in [0.1, 0.15) is 149 Å². The van der Waals surface area contributed by atoms with Gasteiger partial charge in [-0.05, 0) is 24.7 Å². The SMILES string of the molecule is [CH2]CCCCCCC#CCCCCC(CCCCCCCCCCC[CH2])C(C)C. The highest BCUT2D eigenvalue weighted by atomic mass is 14.2. The Labute approximate surface area is 186 Å². The normalized spacial score (nSPS) is 12.2. The highest BCUT2D eigenvalue weighted by Crippen LogP contribution is 2.25. The van der Waals surface area contributed by atoms with Crippen LogP contribution >= 0.6 is 0 Å². The van der Waals surface area contributed by atoms with Crippen molar-refractivity contribution in [3.63, 3.8) is 0 Å². The van der Waals surface area contributed by atoms with E-state index in [1.165, 1.54) is 109 Å². The van der Waals surface area contributed by atoms with Crippen molar-refractivity contribution in [2.45, 2.75) is 149 Å². The minimum absolute atomic E-state index is 0.840. The quantitative estimate of drug-likeness (QED) is 0.132. The molecule has 0 N–H and O–H groups in total. The highest BCUT2D eigenvalue weighted by Gasteiger charge is 2.12. The molecule has 0 aromatic carbocycles. The maximum Gasteiger partial charge on any atom is 0.00886 e. The molecule has 0 aromatic rings. The lowest BCUT2D eigenvalue weighted by molar-refractivity contribution is 0.315. The van der Waals surface area contributed by atoms with Crippen LogP contribution in [0.5, 0.6) is 0 Å². The molecule has 0 aliphatic rings. The van der Waals surface area contributed by atoms with Crippen molar-refractivity contribution in [2.75, 3.05) is 0 Å². The molecule has 1 atom stereocenters. The van der Waals surface area contributed by atoms with Crippen LogP contribution in [0.4, 0.5) is 0 Å². The fraction of sp³-hybridized carbons (Fsp3) is 0.862. The van der Waals surface area contributed by atoms with Crippen LogP contribution in [-0.4, -0.2) is 0 Å². The fourth-order valence-electron chi connectivity index (χ4n) is 4.17. The van der Waals surface area contributed by atoms with Crippen molar-refractivity contribution in [2.24, 2.45) is 11.8 Å². The lowest BCUT2D eigenvalue weighted by Gasteiger charge is -2.20. The van der Waals surface area contributed by atoms with Gasteiger partial charge in [-0.15, -0.1) is 11.8 Å². The van der Waals surface area contributed by atoms with Crippen molar-refractivity contribution < 1.29 is 0 Å². The molecule has 0 amide bonds. The fourth-order valence-corrected chi connectivity index (χ4v) is 4.17.